The Kier molecular flexibility index (Phi) is 4.67. The molecule has 1 fully saturated rings. The van der Waals surface area contributed by atoms with Gasteiger partial charge in [0, 0.05) is 37.5 Å². The molecule has 1 aromatic rings. The second-order valence-electron chi connectivity index (χ2n) is 5.94. The number of aliphatic hydroxyl groups is 1. The van der Waals surface area contributed by atoms with Crippen molar-refractivity contribution in [3.05, 3.63) is 24.0 Å². The van der Waals surface area contributed by atoms with Gasteiger partial charge < -0.3 is 5.11 Å². The van der Waals surface area contributed by atoms with E-state index in [4.69, 9.17) is 5.11 Å². The SMILES string of the molecule is CC1(C)CCN(S(=O)(=O)c2cncc(C#CCCO)c2)C1. The predicted octanol–water partition coefficient (Wildman–Crippen LogP) is 1.24. The molecule has 1 aromatic heterocycles. The van der Waals surface area contributed by atoms with Crippen LogP contribution < -0.4 is 0 Å². The van der Waals surface area contributed by atoms with Gasteiger partial charge in [0.2, 0.25) is 10.0 Å². The molecule has 0 aliphatic carbocycles. The maximum Gasteiger partial charge on any atom is 0.244 e. The minimum absolute atomic E-state index is 0.0126. The van der Waals surface area contributed by atoms with E-state index in [-0.39, 0.29) is 16.9 Å². The molecule has 0 amide bonds. The first-order valence-electron chi connectivity index (χ1n) is 6.90. The van der Waals surface area contributed by atoms with Crippen molar-refractivity contribution < 1.29 is 13.5 Å². The Labute approximate surface area is 126 Å². The molecular formula is C15H20N2O3S. The van der Waals surface area contributed by atoms with E-state index < -0.39 is 10.0 Å². The summed E-state index contributed by atoms with van der Waals surface area (Å²) in [5, 5.41) is 8.70. The normalized spacial score (nSPS) is 18.2. The number of aliphatic hydroxyl groups excluding tert-OH is 1. The second kappa shape index (κ2) is 6.14. The Balaban J connectivity index is 2.25. The molecule has 21 heavy (non-hydrogen) atoms. The third-order valence-electron chi connectivity index (χ3n) is 3.46. The average Bonchev–Trinajstić information content (AvgIpc) is 2.80. The van der Waals surface area contributed by atoms with E-state index in [1.807, 2.05) is 0 Å². The van der Waals surface area contributed by atoms with Crippen LogP contribution in [0.25, 0.3) is 0 Å². The van der Waals surface area contributed by atoms with E-state index in [1.165, 1.54) is 22.8 Å². The van der Waals surface area contributed by atoms with Crippen LogP contribution in [-0.4, -0.2) is 42.5 Å². The van der Waals surface area contributed by atoms with Crippen molar-refractivity contribution in [1.82, 2.24) is 9.29 Å². The monoisotopic (exact) mass is 308 g/mol. The zero-order valence-corrected chi connectivity index (χ0v) is 13.2. The molecule has 1 aliphatic heterocycles. The molecule has 0 radical (unpaired) electrons. The minimum Gasteiger partial charge on any atom is -0.395 e. The van der Waals surface area contributed by atoms with Gasteiger partial charge in [-0.2, -0.15) is 4.31 Å². The van der Waals surface area contributed by atoms with Crippen LogP contribution in [-0.2, 0) is 10.0 Å². The van der Waals surface area contributed by atoms with E-state index in [1.54, 1.807) is 0 Å². The third kappa shape index (κ3) is 3.82. The molecule has 0 bridgehead atoms. The van der Waals surface area contributed by atoms with Crippen LogP contribution in [0.4, 0.5) is 0 Å². The Morgan fingerprint density at radius 1 is 1.43 bits per heavy atom. The number of nitrogens with zero attached hydrogens (tertiary/aromatic N) is 2. The highest BCUT2D eigenvalue weighted by molar-refractivity contribution is 7.89. The van der Waals surface area contributed by atoms with Gasteiger partial charge in [-0.1, -0.05) is 25.7 Å². The topological polar surface area (TPSA) is 70.5 Å². The molecule has 6 heteroatoms. The smallest absolute Gasteiger partial charge is 0.244 e. The fourth-order valence-corrected chi connectivity index (χ4v) is 3.89. The molecule has 0 saturated carbocycles. The van der Waals surface area contributed by atoms with Gasteiger partial charge in [0.15, 0.2) is 0 Å². The van der Waals surface area contributed by atoms with Gasteiger partial charge in [-0.05, 0) is 17.9 Å². The molecule has 114 valence electrons. The first-order chi connectivity index (χ1) is 9.85. The van der Waals surface area contributed by atoms with Crippen LogP contribution in [0.5, 0.6) is 0 Å². The van der Waals surface area contributed by atoms with Crippen molar-refractivity contribution >= 4 is 10.0 Å². The van der Waals surface area contributed by atoms with Gasteiger partial charge in [-0.3, -0.25) is 4.98 Å². The van der Waals surface area contributed by atoms with Crippen LogP contribution in [0.15, 0.2) is 23.4 Å². The largest absolute Gasteiger partial charge is 0.395 e. The molecule has 0 spiro atoms. The fourth-order valence-electron chi connectivity index (χ4n) is 2.27. The highest BCUT2D eigenvalue weighted by Gasteiger charge is 2.36. The maximum atomic E-state index is 12.6. The molecule has 5 nitrogen and oxygen atoms in total. The summed E-state index contributed by atoms with van der Waals surface area (Å²) in [5.74, 6) is 5.57. The van der Waals surface area contributed by atoms with E-state index in [0.717, 1.165) is 6.42 Å². The predicted molar refractivity (Wildman–Crippen MR) is 80.0 cm³/mol. The van der Waals surface area contributed by atoms with Crippen molar-refractivity contribution in [2.75, 3.05) is 19.7 Å². The molecule has 1 N–H and O–H groups in total. The first kappa shape index (κ1) is 16.0. The minimum atomic E-state index is -3.51. The van der Waals surface area contributed by atoms with Crippen LogP contribution in [0.3, 0.4) is 0 Å². The summed E-state index contributed by atoms with van der Waals surface area (Å²) < 4.78 is 26.7. The van der Waals surface area contributed by atoms with E-state index in [9.17, 15) is 8.42 Å². The number of pyridine rings is 1. The highest BCUT2D eigenvalue weighted by atomic mass is 32.2. The van der Waals surface area contributed by atoms with Gasteiger partial charge in [0.1, 0.15) is 4.90 Å². The summed E-state index contributed by atoms with van der Waals surface area (Å²) in [4.78, 5) is 4.14. The molecule has 0 unspecified atom stereocenters. The quantitative estimate of drug-likeness (QED) is 0.853. The Morgan fingerprint density at radius 3 is 2.81 bits per heavy atom. The highest BCUT2D eigenvalue weighted by Crippen LogP contribution is 2.32. The number of hydrogen-bond donors (Lipinski definition) is 1. The first-order valence-corrected chi connectivity index (χ1v) is 8.34. The fraction of sp³-hybridized carbons (Fsp3) is 0.533. The average molecular weight is 308 g/mol. The van der Waals surface area contributed by atoms with Gasteiger partial charge in [-0.25, -0.2) is 8.42 Å². The number of aromatic nitrogens is 1. The summed E-state index contributed by atoms with van der Waals surface area (Å²) in [5.41, 5.74) is 0.557. The van der Waals surface area contributed by atoms with E-state index in [2.05, 4.69) is 30.7 Å². The Morgan fingerprint density at radius 2 is 2.19 bits per heavy atom. The van der Waals surface area contributed by atoms with Crippen LogP contribution in [0, 0.1) is 17.3 Å². The molecule has 2 heterocycles. The van der Waals surface area contributed by atoms with E-state index >= 15 is 0 Å². The van der Waals surface area contributed by atoms with Crippen molar-refractivity contribution in [3.63, 3.8) is 0 Å². The van der Waals surface area contributed by atoms with Crippen LogP contribution in [0.1, 0.15) is 32.3 Å². The van der Waals surface area contributed by atoms with Crippen molar-refractivity contribution in [1.29, 1.82) is 0 Å². The van der Waals surface area contributed by atoms with Crippen molar-refractivity contribution in [2.24, 2.45) is 5.41 Å². The zero-order chi connectivity index (χ0) is 15.5. The Bertz CT molecular complexity index is 672. The standard InChI is InChI=1S/C15H20N2O3S/c1-15(2)6-7-17(12-15)21(19,20)14-9-13(10-16-11-14)5-3-4-8-18/h9-11,18H,4,6-8,12H2,1-2H3. The summed E-state index contributed by atoms with van der Waals surface area (Å²) >= 11 is 0. The van der Waals surface area contributed by atoms with Gasteiger partial charge in [-0.15, -0.1) is 0 Å². The summed E-state index contributed by atoms with van der Waals surface area (Å²) in [6.45, 7) is 5.18. The second-order valence-corrected chi connectivity index (χ2v) is 7.88. The Hall–Kier alpha value is -1.42. The lowest BCUT2D eigenvalue weighted by Gasteiger charge is -2.19. The molecule has 0 aromatic carbocycles. The summed E-state index contributed by atoms with van der Waals surface area (Å²) in [6, 6.07) is 1.54. The molecule has 2 rings (SSSR count). The van der Waals surface area contributed by atoms with Gasteiger partial charge in [0.25, 0.3) is 0 Å². The molecule has 1 saturated heterocycles. The lowest BCUT2D eigenvalue weighted by Crippen LogP contribution is -2.30. The van der Waals surface area contributed by atoms with Crippen LogP contribution >= 0.6 is 0 Å². The van der Waals surface area contributed by atoms with E-state index in [0.29, 0.717) is 25.1 Å². The molecular weight excluding hydrogens is 288 g/mol. The van der Waals surface area contributed by atoms with Crippen LogP contribution in [0.2, 0.25) is 0 Å². The zero-order valence-electron chi connectivity index (χ0n) is 12.3. The van der Waals surface area contributed by atoms with Crippen molar-refractivity contribution in [3.8, 4) is 11.8 Å². The molecule has 0 atom stereocenters. The van der Waals surface area contributed by atoms with Gasteiger partial charge in [0.05, 0.1) is 6.61 Å². The van der Waals surface area contributed by atoms with Crippen molar-refractivity contribution in [2.45, 2.75) is 31.6 Å². The lowest BCUT2D eigenvalue weighted by atomic mass is 9.93. The van der Waals surface area contributed by atoms with Gasteiger partial charge >= 0.3 is 0 Å². The summed E-state index contributed by atoms with van der Waals surface area (Å²) in [6.07, 6.45) is 4.10. The maximum absolute atomic E-state index is 12.6. The summed E-state index contributed by atoms with van der Waals surface area (Å²) in [7, 11) is -3.51. The molecule has 1 aliphatic rings. The lowest BCUT2D eigenvalue weighted by molar-refractivity contribution is 0.305. The third-order valence-corrected chi connectivity index (χ3v) is 5.27. The number of rotatable bonds is 3. The number of sulfonamides is 1. The number of hydrogen-bond acceptors (Lipinski definition) is 4.